The Hall–Kier alpha value is -1.27. The van der Waals surface area contributed by atoms with Crippen LogP contribution in [-0.4, -0.2) is 15.0 Å². The van der Waals surface area contributed by atoms with E-state index in [2.05, 4.69) is 19.2 Å². The predicted molar refractivity (Wildman–Crippen MR) is 70.2 cm³/mol. The maximum absolute atomic E-state index is 11.2. The highest BCUT2D eigenvalue weighted by Crippen LogP contribution is 2.19. The molecular formula is C11H19N3O2S. The molecule has 0 amide bonds. The van der Waals surface area contributed by atoms with E-state index in [0.29, 0.717) is 17.3 Å². The molecule has 0 heterocycles. The van der Waals surface area contributed by atoms with Crippen molar-refractivity contribution in [3.8, 4) is 0 Å². The van der Waals surface area contributed by atoms with Crippen LogP contribution < -0.4 is 16.2 Å². The molecule has 0 saturated heterocycles. The van der Waals surface area contributed by atoms with Gasteiger partial charge in [-0.25, -0.2) is 13.6 Å². The number of hydrogen-bond acceptors (Lipinski definition) is 4. The van der Waals surface area contributed by atoms with E-state index in [4.69, 9.17) is 10.9 Å². The molecule has 0 aromatic heterocycles. The van der Waals surface area contributed by atoms with Gasteiger partial charge in [-0.3, -0.25) is 0 Å². The Morgan fingerprint density at radius 2 is 1.94 bits per heavy atom. The topological polar surface area (TPSA) is 98.2 Å². The lowest BCUT2D eigenvalue weighted by atomic mass is 10.1. The van der Waals surface area contributed by atoms with Crippen molar-refractivity contribution in [1.82, 2.24) is 0 Å². The van der Waals surface area contributed by atoms with Crippen LogP contribution in [0.4, 0.5) is 11.4 Å². The minimum atomic E-state index is -3.71. The van der Waals surface area contributed by atoms with Crippen molar-refractivity contribution >= 4 is 21.4 Å². The zero-order valence-corrected chi connectivity index (χ0v) is 10.9. The molecule has 0 aliphatic heterocycles. The van der Waals surface area contributed by atoms with Gasteiger partial charge in [0.2, 0.25) is 10.0 Å². The maximum Gasteiger partial charge on any atom is 0.238 e. The third-order valence-electron chi connectivity index (χ3n) is 2.31. The van der Waals surface area contributed by atoms with Gasteiger partial charge in [0, 0.05) is 17.9 Å². The van der Waals surface area contributed by atoms with Gasteiger partial charge in [0.15, 0.2) is 0 Å². The normalized spacial score (nSPS) is 11.8. The first kappa shape index (κ1) is 13.8. The van der Waals surface area contributed by atoms with Gasteiger partial charge in [-0.15, -0.1) is 0 Å². The first-order valence-corrected chi connectivity index (χ1v) is 7.01. The first-order chi connectivity index (χ1) is 7.79. The Morgan fingerprint density at radius 3 is 2.47 bits per heavy atom. The van der Waals surface area contributed by atoms with Crippen molar-refractivity contribution in [3.63, 3.8) is 0 Å². The molecule has 0 fully saturated rings. The van der Waals surface area contributed by atoms with Crippen LogP contribution in [0.1, 0.15) is 20.3 Å². The van der Waals surface area contributed by atoms with Crippen LogP contribution in [0.15, 0.2) is 23.1 Å². The zero-order valence-electron chi connectivity index (χ0n) is 10.1. The summed E-state index contributed by atoms with van der Waals surface area (Å²) < 4.78 is 22.4. The van der Waals surface area contributed by atoms with Crippen LogP contribution in [0, 0.1) is 5.92 Å². The summed E-state index contributed by atoms with van der Waals surface area (Å²) in [7, 11) is -3.71. The van der Waals surface area contributed by atoms with Crippen molar-refractivity contribution in [2.75, 3.05) is 17.6 Å². The SMILES string of the molecule is CC(C)CCNc1cc(N)cc(S(N)(=O)=O)c1. The number of sulfonamides is 1. The Bertz CT molecular complexity index is 483. The molecule has 1 aromatic carbocycles. The molecule has 0 radical (unpaired) electrons. The molecule has 6 heteroatoms. The van der Waals surface area contributed by atoms with Gasteiger partial charge in [-0.2, -0.15) is 0 Å². The molecule has 0 aliphatic rings. The molecule has 0 spiro atoms. The zero-order chi connectivity index (χ0) is 13.1. The van der Waals surface area contributed by atoms with Gasteiger partial charge in [0.05, 0.1) is 4.90 Å². The fourth-order valence-corrected chi connectivity index (χ4v) is 1.99. The minimum Gasteiger partial charge on any atom is -0.399 e. The smallest absolute Gasteiger partial charge is 0.238 e. The second-order valence-corrected chi connectivity index (χ2v) is 6.01. The summed E-state index contributed by atoms with van der Waals surface area (Å²) in [5.41, 5.74) is 6.68. The van der Waals surface area contributed by atoms with Gasteiger partial charge in [-0.1, -0.05) is 13.8 Å². The molecule has 0 aliphatic carbocycles. The van der Waals surface area contributed by atoms with Crippen molar-refractivity contribution in [2.24, 2.45) is 11.1 Å². The van der Waals surface area contributed by atoms with Crippen molar-refractivity contribution in [2.45, 2.75) is 25.2 Å². The second-order valence-electron chi connectivity index (χ2n) is 4.45. The van der Waals surface area contributed by atoms with Crippen LogP contribution in [0.2, 0.25) is 0 Å². The monoisotopic (exact) mass is 257 g/mol. The largest absolute Gasteiger partial charge is 0.399 e. The maximum atomic E-state index is 11.2. The van der Waals surface area contributed by atoms with Gasteiger partial charge in [0.25, 0.3) is 0 Å². The summed E-state index contributed by atoms with van der Waals surface area (Å²) in [6.07, 6.45) is 1.000. The standard InChI is InChI=1S/C11H19N3O2S/c1-8(2)3-4-14-10-5-9(12)6-11(7-10)17(13,15)16/h5-8,14H,3-4,12H2,1-2H3,(H2,13,15,16). The third-order valence-corrected chi connectivity index (χ3v) is 3.20. The van der Waals surface area contributed by atoms with E-state index in [0.717, 1.165) is 13.0 Å². The Balaban J connectivity index is 2.84. The number of nitrogens with one attached hydrogen (secondary N) is 1. The molecular weight excluding hydrogens is 238 g/mol. The third kappa shape index (κ3) is 4.62. The van der Waals surface area contributed by atoms with Crippen LogP contribution in [0.5, 0.6) is 0 Å². The first-order valence-electron chi connectivity index (χ1n) is 5.46. The van der Waals surface area contributed by atoms with Crippen LogP contribution in [0.3, 0.4) is 0 Å². The van der Waals surface area contributed by atoms with Crippen LogP contribution in [-0.2, 0) is 10.0 Å². The van der Waals surface area contributed by atoms with Crippen molar-refractivity contribution < 1.29 is 8.42 Å². The fourth-order valence-electron chi connectivity index (χ4n) is 1.39. The van der Waals surface area contributed by atoms with Crippen LogP contribution in [0.25, 0.3) is 0 Å². The van der Waals surface area contributed by atoms with Gasteiger partial charge in [0.1, 0.15) is 0 Å². The number of nitrogen functional groups attached to an aromatic ring is 1. The lowest BCUT2D eigenvalue weighted by Gasteiger charge is -2.10. The molecule has 0 bridgehead atoms. The number of rotatable bonds is 5. The summed E-state index contributed by atoms with van der Waals surface area (Å²) in [5.74, 6) is 0.585. The number of hydrogen-bond donors (Lipinski definition) is 3. The molecule has 1 rings (SSSR count). The van der Waals surface area contributed by atoms with Crippen molar-refractivity contribution in [1.29, 1.82) is 0 Å². The highest BCUT2D eigenvalue weighted by molar-refractivity contribution is 7.89. The number of anilines is 2. The Morgan fingerprint density at radius 1 is 1.29 bits per heavy atom. The number of benzene rings is 1. The molecule has 5 N–H and O–H groups in total. The highest BCUT2D eigenvalue weighted by Gasteiger charge is 2.09. The molecule has 1 aromatic rings. The predicted octanol–water partition coefficient (Wildman–Crippen LogP) is 1.37. The minimum absolute atomic E-state index is 0.0320. The second kappa shape index (κ2) is 5.37. The van der Waals surface area contributed by atoms with E-state index in [-0.39, 0.29) is 4.90 Å². The summed E-state index contributed by atoms with van der Waals surface area (Å²) >= 11 is 0. The van der Waals surface area contributed by atoms with Crippen molar-refractivity contribution in [3.05, 3.63) is 18.2 Å². The lowest BCUT2D eigenvalue weighted by molar-refractivity contribution is 0.597. The summed E-state index contributed by atoms with van der Waals surface area (Å²) in [4.78, 5) is 0.0320. The van der Waals surface area contributed by atoms with Crippen LogP contribution >= 0.6 is 0 Å². The molecule has 0 saturated carbocycles. The van der Waals surface area contributed by atoms with E-state index in [1.807, 2.05) is 0 Å². The molecule has 96 valence electrons. The molecule has 17 heavy (non-hydrogen) atoms. The number of nitrogens with two attached hydrogens (primary N) is 2. The summed E-state index contributed by atoms with van der Waals surface area (Å²) in [6, 6.07) is 4.53. The summed E-state index contributed by atoms with van der Waals surface area (Å²) in [5, 5.41) is 8.19. The molecule has 0 atom stereocenters. The average Bonchev–Trinajstić information content (AvgIpc) is 2.14. The fraction of sp³-hybridized carbons (Fsp3) is 0.455. The van der Waals surface area contributed by atoms with E-state index in [1.165, 1.54) is 12.1 Å². The summed E-state index contributed by atoms with van der Waals surface area (Å²) in [6.45, 7) is 5.01. The Labute approximate surface area is 102 Å². The average molecular weight is 257 g/mol. The van der Waals surface area contributed by atoms with E-state index < -0.39 is 10.0 Å². The quantitative estimate of drug-likeness (QED) is 0.694. The van der Waals surface area contributed by atoms with Gasteiger partial charge >= 0.3 is 0 Å². The lowest BCUT2D eigenvalue weighted by Crippen LogP contribution is -2.13. The molecule has 5 nitrogen and oxygen atoms in total. The van der Waals surface area contributed by atoms with Gasteiger partial charge < -0.3 is 11.1 Å². The van der Waals surface area contributed by atoms with E-state index in [9.17, 15) is 8.42 Å². The molecule has 0 unspecified atom stereocenters. The van der Waals surface area contributed by atoms with E-state index in [1.54, 1.807) is 6.07 Å². The highest BCUT2D eigenvalue weighted by atomic mass is 32.2. The van der Waals surface area contributed by atoms with Gasteiger partial charge in [-0.05, 0) is 30.5 Å². The Kier molecular flexibility index (Phi) is 4.36. The number of primary sulfonamides is 1. The van der Waals surface area contributed by atoms with E-state index >= 15 is 0 Å².